The molecular formula is C11H12ClN3O3S2. The molecule has 0 saturated heterocycles. The Labute approximate surface area is 126 Å². The number of amides is 1. The van der Waals surface area contributed by atoms with Crippen molar-refractivity contribution < 1.29 is 13.2 Å². The van der Waals surface area contributed by atoms with Crippen molar-refractivity contribution in [1.82, 2.24) is 0 Å². The average molecular weight is 334 g/mol. The third-order valence-corrected chi connectivity index (χ3v) is 4.91. The Hall–Kier alpha value is -1.25. The van der Waals surface area contributed by atoms with Crippen LogP contribution in [0, 0.1) is 0 Å². The van der Waals surface area contributed by atoms with E-state index in [9.17, 15) is 13.2 Å². The zero-order chi connectivity index (χ0) is 14.8. The van der Waals surface area contributed by atoms with E-state index in [0.29, 0.717) is 27.3 Å². The summed E-state index contributed by atoms with van der Waals surface area (Å²) < 4.78 is 25.5. The number of aliphatic imine (C=N–C) groups is 1. The highest BCUT2D eigenvalue weighted by Crippen LogP contribution is 2.28. The molecule has 1 aromatic rings. The number of halogens is 1. The number of carbonyl (C=O) groups excluding carboxylic acids is 1. The van der Waals surface area contributed by atoms with Gasteiger partial charge in [0.1, 0.15) is 0 Å². The molecule has 0 fully saturated rings. The Bertz CT molecular complexity index is 673. The van der Waals surface area contributed by atoms with Crippen LogP contribution in [-0.4, -0.2) is 31.0 Å². The van der Waals surface area contributed by atoms with Crippen molar-refractivity contribution in [2.24, 2.45) is 4.99 Å². The fourth-order valence-electron chi connectivity index (χ4n) is 1.42. The number of nitrogens with zero attached hydrogens (tertiary/aromatic N) is 1. The molecule has 0 atom stereocenters. The van der Waals surface area contributed by atoms with Crippen LogP contribution in [0.25, 0.3) is 0 Å². The molecule has 0 spiro atoms. The molecule has 2 N–H and O–H groups in total. The SMILES string of the molecule is CCS(=O)(=O)Nc1ccc(Cl)c(NC2=NC(=O)CS2)c1. The number of hydrogen-bond donors (Lipinski definition) is 2. The minimum atomic E-state index is -3.35. The molecule has 20 heavy (non-hydrogen) atoms. The predicted octanol–water partition coefficient (Wildman–Crippen LogP) is 2.14. The monoisotopic (exact) mass is 333 g/mol. The first-order valence-electron chi connectivity index (χ1n) is 5.71. The third-order valence-electron chi connectivity index (χ3n) is 2.42. The number of nitrogens with one attached hydrogen (secondary N) is 2. The van der Waals surface area contributed by atoms with E-state index in [0.717, 1.165) is 0 Å². The summed E-state index contributed by atoms with van der Waals surface area (Å²) in [5.74, 6) is 0.0637. The summed E-state index contributed by atoms with van der Waals surface area (Å²) in [7, 11) is -3.35. The van der Waals surface area contributed by atoms with E-state index < -0.39 is 10.0 Å². The van der Waals surface area contributed by atoms with Gasteiger partial charge in [0.15, 0.2) is 5.17 Å². The molecule has 0 saturated carbocycles. The van der Waals surface area contributed by atoms with Crippen LogP contribution >= 0.6 is 23.4 Å². The third kappa shape index (κ3) is 3.87. The van der Waals surface area contributed by atoms with E-state index in [1.54, 1.807) is 25.1 Å². The molecule has 0 aliphatic carbocycles. The maximum Gasteiger partial charge on any atom is 0.258 e. The maximum absolute atomic E-state index is 11.5. The Balaban J connectivity index is 2.21. The Kier molecular flexibility index (Phi) is 4.56. The number of anilines is 2. The molecule has 1 aliphatic rings. The number of carbonyl (C=O) groups is 1. The van der Waals surface area contributed by atoms with Gasteiger partial charge in [0.25, 0.3) is 5.91 Å². The van der Waals surface area contributed by atoms with Crippen molar-refractivity contribution in [3.63, 3.8) is 0 Å². The lowest BCUT2D eigenvalue weighted by molar-refractivity contribution is -0.115. The smallest absolute Gasteiger partial charge is 0.258 e. The van der Waals surface area contributed by atoms with Gasteiger partial charge in [0.2, 0.25) is 10.0 Å². The van der Waals surface area contributed by atoms with Gasteiger partial charge in [-0.25, -0.2) is 8.42 Å². The first kappa shape index (κ1) is 15.1. The summed E-state index contributed by atoms with van der Waals surface area (Å²) in [6.07, 6.45) is 0. The molecule has 0 radical (unpaired) electrons. The Morgan fingerprint density at radius 1 is 1.45 bits per heavy atom. The highest BCUT2D eigenvalue weighted by Gasteiger charge is 2.16. The highest BCUT2D eigenvalue weighted by molar-refractivity contribution is 8.15. The molecule has 1 amide bonds. The number of thioether (sulfide) groups is 1. The molecule has 0 unspecified atom stereocenters. The molecule has 108 valence electrons. The van der Waals surface area contributed by atoms with Crippen molar-refractivity contribution in [2.45, 2.75) is 6.92 Å². The van der Waals surface area contributed by atoms with Gasteiger partial charge in [0, 0.05) is 0 Å². The van der Waals surface area contributed by atoms with Crippen molar-refractivity contribution >= 4 is 55.8 Å². The lowest BCUT2D eigenvalue weighted by Crippen LogP contribution is -2.15. The second kappa shape index (κ2) is 6.02. The molecule has 1 aromatic carbocycles. The average Bonchev–Trinajstić information content (AvgIpc) is 2.79. The number of sulfonamides is 1. The van der Waals surface area contributed by atoms with Gasteiger partial charge in [-0.1, -0.05) is 23.4 Å². The lowest BCUT2D eigenvalue weighted by atomic mass is 10.3. The second-order valence-electron chi connectivity index (χ2n) is 3.92. The molecule has 6 nitrogen and oxygen atoms in total. The van der Waals surface area contributed by atoms with Gasteiger partial charge in [-0.15, -0.1) is 0 Å². The minimum Gasteiger partial charge on any atom is -0.333 e. The minimum absolute atomic E-state index is 0.0184. The van der Waals surface area contributed by atoms with Crippen molar-refractivity contribution in [3.8, 4) is 0 Å². The van der Waals surface area contributed by atoms with Crippen LogP contribution in [0.5, 0.6) is 0 Å². The first-order valence-corrected chi connectivity index (χ1v) is 8.72. The fourth-order valence-corrected chi connectivity index (χ4v) is 2.89. The lowest BCUT2D eigenvalue weighted by Gasteiger charge is -2.11. The van der Waals surface area contributed by atoms with Gasteiger partial charge in [0.05, 0.1) is 27.9 Å². The summed E-state index contributed by atoms with van der Waals surface area (Å²) in [4.78, 5) is 14.8. The van der Waals surface area contributed by atoms with E-state index in [1.165, 1.54) is 11.8 Å². The van der Waals surface area contributed by atoms with Crippen LogP contribution in [0.2, 0.25) is 5.02 Å². The van der Waals surface area contributed by atoms with Gasteiger partial charge in [-0.3, -0.25) is 9.52 Å². The van der Waals surface area contributed by atoms with Gasteiger partial charge >= 0.3 is 0 Å². The second-order valence-corrected chi connectivity index (χ2v) is 7.31. The van der Waals surface area contributed by atoms with Crippen LogP contribution in [0.15, 0.2) is 23.2 Å². The topological polar surface area (TPSA) is 87.6 Å². The van der Waals surface area contributed by atoms with E-state index in [2.05, 4.69) is 15.0 Å². The summed E-state index contributed by atoms with van der Waals surface area (Å²) in [5, 5.41) is 3.77. The molecule has 0 aromatic heterocycles. The van der Waals surface area contributed by atoms with Crippen molar-refractivity contribution in [3.05, 3.63) is 23.2 Å². The van der Waals surface area contributed by atoms with Crippen molar-refractivity contribution in [1.29, 1.82) is 0 Å². The Morgan fingerprint density at radius 3 is 2.80 bits per heavy atom. The van der Waals surface area contributed by atoms with Crippen LogP contribution in [0.1, 0.15) is 6.92 Å². The van der Waals surface area contributed by atoms with Crippen molar-refractivity contribution in [2.75, 3.05) is 21.5 Å². The van der Waals surface area contributed by atoms with Crippen LogP contribution in [0.3, 0.4) is 0 Å². The molecule has 1 aliphatic heterocycles. The summed E-state index contributed by atoms with van der Waals surface area (Å²) in [6.45, 7) is 1.55. The van der Waals surface area contributed by atoms with E-state index >= 15 is 0 Å². The molecular weight excluding hydrogens is 322 g/mol. The van der Waals surface area contributed by atoms with E-state index in [4.69, 9.17) is 11.6 Å². The van der Waals surface area contributed by atoms with Gasteiger partial charge in [-0.05, 0) is 25.1 Å². The fraction of sp³-hybridized carbons (Fsp3) is 0.273. The number of amidine groups is 1. The molecule has 0 bridgehead atoms. The summed E-state index contributed by atoms with van der Waals surface area (Å²) in [5.41, 5.74) is 0.887. The molecule has 2 rings (SSSR count). The maximum atomic E-state index is 11.5. The predicted molar refractivity (Wildman–Crippen MR) is 83.1 cm³/mol. The quantitative estimate of drug-likeness (QED) is 0.881. The molecule has 9 heteroatoms. The number of benzene rings is 1. The van der Waals surface area contributed by atoms with E-state index in [1.807, 2.05) is 0 Å². The molecule has 1 heterocycles. The van der Waals surface area contributed by atoms with Gasteiger partial charge in [-0.2, -0.15) is 4.99 Å². The first-order chi connectivity index (χ1) is 9.39. The van der Waals surface area contributed by atoms with Crippen LogP contribution < -0.4 is 10.0 Å². The summed E-state index contributed by atoms with van der Waals surface area (Å²) in [6, 6.07) is 4.69. The van der Waals surface area contributed by atoms with E-state index in [-0.39, 0.29) is 11.7 Å². The van der Waals surface area contributed by atoms with Gasteiger partial charge < -0.3 is 5.32 Å². The normalized spacial score (nSPS) is 15.1. The highest BCUT2D eigenvalue weighted by atomic mass is 35.5. The largest absolute Gasteiger partial charge is 0.333 e. The zero-order valence-corrected chi connectivity index (χ0v) is 12.9. The standard InChI is InChI=1S/C11H12ClN3O3S2/c1-2-20(17,18)15-7-3-4-8(12)9(5-7)13-11-14-10(16)6-19-11/h3-5,15H,2,6H2,1H3,(H,13,14,16). The Morgan fingerprint density at radius 2 is 2.20 bits per heavy atom. The zero-order valence-electron chi connectivity index (χ0n) is 10.5. The van der Waals surface area contributed by atoms with Crippen LogP contribution in [-0.2, 0) is 14.8 Å². The summed E-state index contributed by atoms with van der Waals surface area (Å²) >= 11 is 7.30. The van der Waals surface area contributed by atoms with Crippen LogP contribution in [0.4, 0.5) is 11.4 Å². The number of rotatable bonds is 4. The number of hydrogen-bond acceptors (Lipinski definition) is 5.